The number of aromatic nitrogens is 2. The molecule has 11 heteroatoms. The Morgan fingerprint density at radius 2 is 1.92 bits per heavy atom. The number of unbranched alkanes of at least 4 members (excludes halogenated alkanes) is 2. The summed E-state index contributed by atoms with van der Waals surface area (Å²) in [4.78, 5) is 43.0. The zero-order valence-corrected chi connectivity index (χ0v) is 22.4. The van der Waals surface area contributed by atoms with E-state index in [0.717, 1.165) is 16.6 Å². The van der Waals surface area contributed by atoms with Crippen molar-refractivity contribution < 1.29 is 24.5 Å². The first-order valence-corrected chi connectivity index (χ1v) is 14.3. The minimum absolute atomic E-state index is 0.00817. The maximum atomic E-state index is 13.3. The van der Waals surface area contributed by atoms with Crippen molar-refractivity contribution in [1.29, 1.82) is 0 Å². The van der Waals surface area contributed by atoms with Crippen LogP contribution in [0.5, 0.6) is 11.5 Å². The first-order valence-electron chi connectivity index (χ1n) is 11.7. The van der Waals surface area contributed by atoms with Gasteiger partial charge in [0, 0.05) is 42.0 Å². The Balaban J connectivity index is 1.80. The minimum Gasteiger partial charge on any atom is -0.505 e. The summed E-state index contributed by atoms with van der Waals surface area (Å²) >= 11 is -0.284. The lowest BCUT2D eigenvalue weighted by atomic mass is 10.0. The van der Waals surface area contributed by atoms with Gasteiger partial charge in [-0.25, -0.2) is 0 Å². The van der Waals surface area contributed by atoms with Crippen molar-refractivity contribution in [2.75, 3.05) is 20.2 Å². The SMILES string of the molecule is C=Ic1ccc(Cc2cnc3c(O)c(C(=O)NC)c(=O)n4c3c2OC(C(=O)NCCCCCO)=C4)cc1. The van der Waals surface area contributed by atoms with E-state index in [4.69, 9.17) is 9.84 Å². The second-order valence-corrected chi connectivity index (χ2v) is 10.4. The Hall–Kier alpha value is -3.58. The van der Waals surface area contributed by atoms with E-state index < -0.39 is 28.7 Å². The average molecular weight is 618 g/mol. The molecule has 4 rings (SSSR count). The Bertz CT molecular complexity index is 1460. The second-order valence-electron chi connectivity index (χ2n) is 8.36. The molecular weight excluding hydrogens is 591 g/mol. The molecule has 1 aliphatic heterocycles. The van der Waals surface area contributed by atoms with Crippen molar-refractivity contribution in [3.63, 3.8) is 0 Å². The van der Waals surface area contributed by atoms with E-state index in [1.165, 1.54) is 23.0 Å². The van der Waals surface area contributed by atoms with Gasteiger partial charge >= 0.3 is 0 Å². The highest BCUT2D eigenvalue weighted by molar-refractivity contribution is 14.2. The van der Waals surface area contributed by atoms with Crippen LogP contribution in [-0.2, 0) is 11.2 Å². The van der Waals surface area contributed by atoms with Gasteiger partial charge in [0.1, 0.15) is 16.6 Å². The maximum Gasteiger partial charge on any atom is 0.288 e. The van der Waals surface area contributed by atoms with Crippen LogP contribution < -0.4 is 20.9 Å². The molecule has 0 saturated heterocycles. The van der Waals surface area contributed by atoms with Crippen LogP contribution >= 0.6 is 20.7 Å². The molecule has 194 valence electrons. The molecule has 3 aromatic rings. The highest BCUT2D eigenvalue weighted by Gasteiger charge is 2.30. The number of carbonyl (C=O) groups excluding carboxylic acids is 2. The number of nitrogens with zero attached hydrogens (tertiary/aromatic N) is 2. The number of pyridine rings is 2. The number of aliphatic hydroxyl groups is 1. The number of aliphatic hydroxyl groups excluding tert-OH is 1. The fourth-order valence-electron chi connectivity index (χ4n) is 4.03. The monoisotopic (exact) mass is 618 g/mol. The Morgan fingerprint density at radius 3 is 2.59 bits per heavy atom. The van der Waals surface area contributed by atoms with E-state index in [2.05, 4.69) is 20.1 Å². The molecule has 1 aliphatic rings. The first-order chi connectivity index (χ1) is 17.9. The van der Waals surface area contributed by atoms with Gasteiger partial charge in [0.25, 0.3) is 17.4 Å². The molecule has 0 aliphatic carbocycles. The van der Waals surface area contributed by atoms with Gasteiger partial charge in [-0.2, -0.15) is 0 Å². The van der Waals surface area contributed by atoms with Gasteiger partial charge in [0.15, 0.2) is 11.5 Å². The van der Waals surface area contributed by atoms with E-state index in [9.17, 15) is 19.5 Å². The maximum absolute atomic E-state index is 13.3. The van der Waals surface area contributed by atoms with E-state index in [-0.39, 0.29) is 49.9 Å². The predicted octanol–water partition coefficient (Wildman–Crippen LogP) is 2.09. The number of nitrogens with one attached hydrogen (secondary N) is 2. The van der Waals surface area contributed by atoms with Crippen molar-refractivity contribution in [3.05, 3.63) is 66.8 Å². The van der Waals surface area contributed by atoms with Crippen LogP contribution in [0.3, 0.4) is 0 Å². The quantitative estimate of drug-likeness (QED) is 0.201. The number of hydrogen-bond donors (Lipinski definition) is 4. The van der Waals surface area contributed by atoms with Crippen LogP contribution in [0, 0.1) is 3.57 Å². The summed E-state index contributed by atoms with van der Waals surface area (Å²) in [5.41, 5.74) is 0.471. The molecule has 0 unspecified atom stereocenters. The number of amides is 2. The van der Waals surface area contributed by atoms with Crippen LogP contribution in [0.2, 0.25) is 0 Å². The van der Waals surface area contributed by atoms with Crippen molar-refractivity contribution in [3.8, 4) is 11.5 Å². The van der Waals surface area contributed by atoms with Gasteiger partial charge in [0.05, 0.1) is 6.20 Å². The van der Waals surface area contributed by atoms with Gasteiger partial charge in [-0.1, -0.05) is 37.4 Å². The third-order valence-electron chi connectivity index (χ3n) is 5.93. The van der Waals surface area contributed by atoms with Gasteiger partial charge in [-0.3, -0.25) is 23.9 Å². The zero-order valence-electron chi connectivity index (χ0n) is 20.2. The summed E-state index contributed by atoms with van der Waals surface area (Å²) in [6.45, 7) is 0.447. The Morgan fingerprint density at radius 1 is 1.16 bits per heavy atom. The number of ether oxygens (including phenoxy) is 1. The van der Waals surface area contributed by atoms with Gasteiger partial charge in [0.2, 0.25) is 5.76 Å². The van der Waals surface area contributed by atoms with Crippen molar-refractivity contribution in [2.24, 2.45) is 0 Å². The summed E-state index contributed by atoms with van der Waals surface area (Å²) in [5, 5.41) is 24.8. The highest BCUT2D eigenvalue weighted by Crippen LogP contribution is 2.38. The molecule has 0 bridgehead atoms. The fraction of sp³-hybridized carbons (Fsp3) is 0.269. The van der Waals surface area contributed by atoms with Gasteiger partial charge in [-0.05, 0) is 37.0 Å². The average Bonchev–Trinajstić information content (AvgIpc) is 2.92. The molecular formula is C26H27IN4O6. The number of hydrogen-bond acceptors (Lipinski definition) is 7. The minimum atomic E-state index is -0.801. The molecule has 4 N–H and O–H groups in total. The van der Waals surface area contributed by atoms with Crippen molar-refractivity contribution in [2.45, 2.75) is 25.7 Å². The molecule has 0 fully saturated rings. The molecule has 2 aromatic heterocycles. The van der Waals surface area contributed by atoms with Crippen LogP contribution in [0.1, 0.15) is 40.7 Å². The number of benzene rings is 1. The smallest absolute Gasteiger partial charge is 0.288 e. The third kappa shape index (κ3) is 5.42. The van der Waals surface area contributed by atoms with Crippen LogP contribution in [0.4, 0.5) is 0 Å². The normalized spacial score (nSPS) is 12.1. The largest absolute Gasteiger partial charge is 0.505 e. The second kappa shape index (κ2) is 11.6. The summed E-state index contributed by atoms with van der Waals surface area (Å²) in [7, 11) is 1.35. The van der Waals surface area contributed by atoms with Crippen LogP contribution in [0.15, 0.2) is 41.0 Å². The summed E-state index contributed by atoms with van der Waals surface area (Å²) < 4.78 is 12.3. The van der Waals surface area contributed by atoms with Crippen molar-refractivity contribution in [1.82, 2.24) is 20.2 Å². The lowest BCUT2D eigenvalue weighted by Gasteiger charge is -2.23. The van der Waals surface area contributed by atoms with Gasteiger partial charge < -0.3 is 25.6 Å². The van der Waals surface area contributed by atoms with Crippen LogP contribution in [0.25, 0.3) is 17.2 Å². The lowest BCUT2D eigenvalue weighted by Crippen LogP contribution is -2.34. The first kappa shape index (κ1) is 26.5. The van der Waals surface area contributed by atoms with E-state index in [1.807, 2.05) is 24.3 Å². The third-order valence-corrected chi connectivity index (χ3v) is 7.53. The molecule has 10 nitrogen and oxygen atoms in total. The number of aromatic hydroxyl groups is 1. The molecule has 0 radical (unpaired) electrons. The summed E-state index contributed by atoms with van der Waals surface area (Å²) in [5.74, 6) is -1.78. The molecule has 3 heterocycles. The highest BCUT2D eigenvalue weighted by atomic mass is 127. The number of rotatable bonds is 10. The Labute approximate surface area is 222 Å². The van der Waals surface area contributed by atoms with Crippen LogP contribution in [-0.4, -0.2) is 56.3 Å². The zero-order chi connectivity index (χ0) is 26.5. The molecule has 0 atom stereocenters. The predicted molar refractivity (Wildman–Crippen MR) is 149 cm³/mol. The summed E-state index contributed by atoms with van der Waals surface area (Å²) in [6, 6.07) is 8.00. The topological polar surface area (TPSA) is 143 Å². The molecule has 2 amide bonds. The van der Waals surface area contributed by atoms with E-state index >= 15 is 0 Å². The lowest BCUT2D eigenvalue weighted by molar-refractivity contribution is -0.119. The molecule has 0 spiro atoms. The summed E-state index contributed by atoms with van der Waals surface area (Å²) in [6.07, 6.45) is 5.18. The standard InChI is InChI=1S/C26H27IN4O6/c1-27-17-8-6-15(7-9-17)12-16-13-30-20-21-23(16)37-18(24(34)29-10-4-3-5-11-32)14-31(21)26(36)19(22(20)33)25(35)28-2/h6-9,13-14,32-33H,1,3-5,10-12H2,2H3,(H,28,35)(H,29,34). The Kier molecular flexibility index (Phi) is 8.34. The number of halogens is 1. The number of carbonyl (C=O) groups is 2. The molecule has 0 saturated carbocycles. The van der Waals surface area contributed by atoms with E-state index in [1.54, 1.807) is 0 Å². The van der Waals surface area contributed by atoms with E-state index in [0.29, 0.717) is 31.4 Å². The van der Waals surface area contributed by atoms with Gasteiger partial charge in [-0.15, -0.1) is 0 Å². The van der Waals surface area contributed by atoms with Crippen molar-refractivity contribution >= 4 is 54.3 Å². The molecule has 1 aromatic carbocycles. The molecule has 37 heavy (non-hydrogen) atoms. The fourth-order valence-corrected chi connectivity index (χ4v) is 4.89.